The van der Waals surface area contributed by atoms with Gasteiger partial charge in [0.05, 0.1) is 5.39 Å². The number of nitrogens with two attached hydrogens (primary N) is 2. The molecule has 0 radical (unpaired) electrons. The quantitative estimate of drug-likeness (QED) is 0.426. The number of hydrogen-bond acceptors (Lipinski definition) is 7. The van der Waals surface area contributed by atoms with E-state index in [1.54, 1.807) is 17.7 Å². The summed E-state index contributed by atoms with van der Waals surface area (Å²) in [6.45, 7) is 0. The highest BCUT2D eigenvalue weighted by atomic mass is 19.1. The van der Waals surface area contributed by atoms with Gasteiger partial charge in [0, 0.05) is 18.4 Å². The standard InChI is InChI=1S/C19H16FNO.C6H8N6/c20-17-8-4-5-14-12-16(11-13-9-10-13)21(19(22)18(14)17)15-6-2-1-3-7-15;1-10-6-11-4(8)3(2-7)5(9)12-6/h1-8,12-13H,9-11H2;1H3,(H5,8,9,10,11,12). The fourth-order valence-corrected chi connectivity index (χ4v) is 3.72. The van der Waals surface area contributed by atoms with Crippen LogP contribution in [-0.4, -0.2) is 21.6 Å². The van der Waals surface area contributed by atoms with Gasteiger partial charge in [0.15, 0.2) is 0 Å². The van der Waals surface area contributed by atoms with Crippen molar-refractivity contribution in [1.82, 2.24) is 14.5 Å². The van der Waals surface area contributed by atoms with Crippen LogP contribution in [0, 0.1) is 23.1 Å². The summed E-state index contributed by atoms with van der Waals surface area (Å²) in [5, 5.41) is 12.1. The maximum Gasteiger partial charge on any atom is 0.266 e. The number of nitrogens with one attached hydrogen (secondary N) is 1. The molecule has 5 N–H and O–H groups in total. The molecule has 1 aliphatic rings. The summed E-state index contributed by atoms with van der Waals surface area (Å²) in [6.07, 6.45) is 3.30. The van der Waals surface area contributed by atoms with Crippen LogP contribution >= 0.6 is 0 Å². The van der Waals surface area contributed by atoms with Crippen molar-refractivity contribution in [2.45, 2.75) is 19.3 Å². The van der Waals surface area contributed by atoms with E-state index in [0.29, 0.717) is 17.3 Å². The number of nitrogens with zero attached hydrogens (tertiary/aromatic N) is 4. The molecule has 5 rings (SSSR count). The summed E-state index contributed by atoms with van der Waals surface area (Å²) in [5.41, 5.74) is 12.5. The van der Waals surface area contributed by atoms with Crippen LogP contribution in [0.1, 0.15) is 24.1 Å². The molecule has 0 bridgehead atoms. The van der Waals surface area contributed by atoms with E-state index in [2.05, 4.69) is 15.3 Å². The summed E-state index contributed by atoms with van der Waals surface area (Å²) < 4.78 is 15.8. The molecule has 34 heavy (non-hydrogen) atoms. The number of benzene rings is 2. The first-order valence-corrected chi connectivity index (χ1v) is 10.8. The highest BCUT2D eigenvalue weighted by molar-refractivity contribution is 5.83. The zero-order valence-corrected chi connectivity index (χ0v) is 18.6. The van der Waals surface area contributed by atoms with Gasteiger partial charge in [0.25, 0.3) is 5.56 Å². The van der Waals surface area contributed by atoms with Crippen molar-refractivity contribution in [2.24, 2.45) is 5.92 Å². The molecule has 0 spiro atoms. The highest BCUT2D eigenvalue weighted by Gasteiger charge is 2.24. The molecule has 1 saturated carbocycles. The average molecular weight is 458 g/mol. The summed E-state index contributed by atoms with van der Waals surface area (Å²) in [6, 6.07) is 18.1. The number of aromatic nitrogens is 3. The highest BCUT2D eigenvalue weighted by Crippen LogP contribution is 2.33. The SMILES string of the molecule is CNc1nc(N)c(C#N)c(N)n1.O=c1c2c(F)cccc2cc(CC2CC2)n1-c1ccccc1. The Hall–Kier alpha value is -4.45. The van der Waals surface area contributed by atoms with Gasteiger partial charge in [-0.3, -0.25) is 9.36 Å². The Bertz CT molecular complexity index is 1420. The van der Waals surface area contributed by atoms with E-state index < -0.39 is 5.82 Å². The monoisotopic (exact) mass is 457 g/mol. The first-order valence-electron chi connectivity index (χ1n) is 10.8. The zero-order chi connectivity index (χ0) is 24.2. The number of anilines is 3. The smallest absolute Gasteiger partial charge is 0.266 e. The molecule has 0 aliphatic heterocycles. The predicted octanol–water partition coefficient (Wildman–Crippen LogP) is 3.64. The summed E-state index contributed by atoms with van der Waals surface area (Å²) in [5.74, 6) is 0.693. The number of nitriles is 1. The largest absolute Gasteiger partial charge is 0.382 e. The van der Waals surface area contributed by atoms with E-state index in [9.17, 15) is 9.18 Å². The molecule has 0 saturated heterocycles. The maximum atomic E-state index is 14.1. The number of rotatable bonds is 4. The van der Waals surface area contributed by atoms with Gasteiger partial charge < -0.3 is 16.8 Å². The fourth-order valence-electron chi connectivity index (χ4n) is 3.72. The Morgan fingerprint density at radius 2 is 1.79 bits per heavy atom. The lowest BCUT2D eigenvalue weighted by Gasteiger charge is -2.14. The Kier molecular flexibility index (Phi) is 6.41. The van der Waals surface area contributed by atoms with Gasteiger partial charge in [0.1, 0.15) is 29.1 Å². The van der Waals surface area contributed by atoms with Gasteiger partial charge in [-0.15, -0.1) is 0 Å². The van der Waals surface area contributed by atoms with Crippen LogP contribution in [0.15, 0.2) is 59.4 Å². The van der Waals surface area contributed by atoms with Gasteiger partial charge in [-0.05, 0) is 54.8 Å². The number of pyridine rings is 1. The second-order valence-corrected chi connectivity index (χ2v) is 8.02. The zero-order valence-electron chi connectivity index (χ0n) is 18.6. The van der Waals surface area contributed by atoms with Crippen molar-refractivity contribution in [2.75, 3.05) is 23.8 Å². The molecule has 0 unspecified atom stereocenters. The molecule has 0 amide bonds. The van der Waals surface area contributed by atoms with E-state index in [0.717, 1.165) is 17.8 Å². The lowest BCUT2D eigenvalue weighted by atomic mass is 10.1. The van der Waals surface area contributed by atoms with E-state index in [1.807, 2.05) is 48.5 Å². The van der Waals surface area contributed by atoms with Crippen LogP contribution in [0.4, 0.5) is 22.0 Å². The molecule has 2 heterocycles. The van der Waals surface area contributed by atoms with Gasteiger partial charge in [0.2, 0.25) is 5.95 Å². The average Bonchev–Trinajstić information content (AvgIpc) is 3.64. The van der Waals surface area contributed by atoms with Crippen LogP contribution in [0.5, 0.6) is 0 Å². The molecular weight excluding hydrogens is 433 g/mol. The summed E-state index contributed by atoms with van der Waals surface area (Å²) in [7, 11) is 1.64. The topological polar surface area (TPSA) is 136 Å². The van der Waals surface area contributed by atoms with Crippen LogP contribution in [0.2, 0.25) is 0 Å². The molecular formula is C25H24FN7O. The van der Waals surface area contributed by atoms with E-state index in [-0.39, 0.29) is 28.1 Å². The number of para-hydroxylation sites is 1. The van der Waals surface area contributed by atoms with E-state index >= 15 is 0 Å². The Labute approximate surface area is 195 Å². The van der Waals surface area contributed by atoms with Crippen molar-refractivity contribution in [1.29, 1.82) is 5.26 Å². The number of fused-ring (bicyclic) bond motifs is 1. The number of halogens is 1. The predicted molar refractivity (Wildman–Crippen MR) is 131 cm³/mol. The van der Waals surface area contributed by atoms with Gasteiger partial charge in [-0.1, -0.05) is 30.3 Å². The minimum Gasteiger partial charge on any atom is -0.382 e. The summed E-state index contributed by atoms with van der Waals surface area (Å²) in [4.78, 5) is 20.4. The van der Waals surface area contributed by atoms with E-state index in [1.165, 1.54) is 18.9 Å². The first-order chi connectivity index (χ1) is 16.4. The van der Waals surface area contributed by atoms with Crippen molar-refractivity contribution in [3.63, 3.8) is 0 Å². The third-order valence-corrected chi connectivity index (χ3v) is 5.58. The number of nitrogen functional groups attached to an aromatic ring is 2. The second-order valence-electron chi connectivity index (χ2n) is 8.02. The third kappa shape index (κ3) is 4.66. The lowest BCUT2D eigenvalue weighted by Crippen LogP contribution is -2.23. The van der Waals surface area contributed by atoms with Crippen LogP contribution in [0.25, 0.3) is 16.5 Å². The first kappa shape index (κ1) is 22.7. The van der Waals surface area contributed by atoms with Crippen molar-refractivity contribution >= 4 is 28.4 Å². The molecule has 8 nitrogen and oxygen atoms in total. The van der Waals surface area contributed by atoms with Gasteiger partial charge in [-0.25, -0.2) is 4.39 Å². The molecule has 0 atom stereocenters. The van der Waals surface area contributed by atoms with Crippen LogP contribution < -0.4 is 22.3 Å². The van der Waals surface area contributed by atoms with E-state index in [4.69, 9.17) is 16.7 Å². The van der Waals surface area contributed by atoms with Crippen LogP contribution in [0.3, 0.4) is 0 Å². The van der Waals surface area contributed by atoms with Crippen molar-refractivity contribution in [3.05, 3.63) is 82.0 Å². The van der Waals surface area contributed by atoms with Gasteiger partial charge in [-0.2, -0.15) is 15.2 Å². The maximum absolute atomic E-state index is 14.1. The molecule has 172 valence electrons. The Morgan fingerprint density at radius 1 is 1.12 bits per heavy atom. The number of hydrogen-bond donors (Lipinski definition) is 3. The summed E-state index contributed by atoms with van der Waals surface area (Å²) >= 11 is 0. The molecule has 9 heteroatoms. The van der Waals surface area contributed by atoms with Gasteiger partial charge >= 0.3 is 0 Å². The molecule has 2 aromatic heterocycles. The van der Waals surface area contributed by atoms with Crippen molar-refractivity contribution in [3.8, 4) is 11.8 Å². The van der Waals surface area contributed by atoms with Crippen molar-refractivity contribution < 1.29 is 4.39 Å². The molecule has 2 aromatic carbocycles. The Morgan fingerprint density at radius 3 is 2.38 bits per heavy atom. The normalized spacial score (nSPS) is 12.5. The second kappa shape index (κ2) is 9.58. The molecule has 1 fully saturated rings. The minimum atomic E-state index is -0.454. The lowest BCUT2D eigenvalue weighted by molar-refractivity contribution is 0.637. The minimum absolute atomic E-state index is 0.0920. The molecule has 1 aliphatic carbocycles. The van der Waals surface area contributed by atoms with Crippen LogP contribution in [-0.2, 0) is 6.42 Å². The molecule has 4 aromatic rings. The fraction of sp³-hybridized carbons (Fsp3) is 0.200. The third-order valence-electron chi connectivity index (χ3n) is 5.58. The Balaban J connectivity index is 0.000000195.